The molecule has 0 radical (unpaired) electrons. The Morgan fingerprint density at radius 2 is 2.09 bits per heavy atom. The number of benzene rings is 1. The normalized spacial score (nSPS) is 11.0. The van der Waals surface area contributed by atoms with Gasteiger partial charge in [-0.15, -0.1) is 0 Å². The SMILES string of the molecule is Cc1ccccc1Sc1nc2c(N)nccc2n1CCC(N)=O. The molecule has 0 bridgehead atoms. The lowest BCUT2D eigenvalue weighted by atomic mass is 10.2. The van der Waals surface area contributed by atoms with E-state index in [1.54, 1.807) is 18.0 Å². The first-order valence-electron chi connectivity index (χ1n) is 7.19. The van der Waals surface area contributed by atoms with Crippen molar-refractivity contribution in [3.8, 4) is 0 Å². The maximum absolute atomic E-state index is 11.2. The quantitative estimate of drug-likeness (QED) is 0.749. The average Bonchev–Trinajstić information content (AvgIpc) is 2.86. The minimum absolute atomic E-state index is 0.245. The van der Waals surface area contributed by atoms with Crippen LogP contribution in [0.1, 0.15) is 12.0 Å². The van der Waals surface area contributed by atoms with Gasteiger partial charge in [0.05, 0.1) is 5.52 Å². The lowest BCUT2D eigenvalue weighted by molar-refractivity contribution is -0.118. The molecule has 0 spiro atoms. The zero-order valence-corrected chi connectivity index (χ0v) is 13.5. The number of imidazole rings is 1. The number of carbonyl (C=O) groups excluding carboxylic acids is 1. The fourth-order valence-corrected chi connectivity index (χ4v) is 3.35. The predicted molar refractivity (Wildman–Crippen MR) is 91.1 cm³/mol. The number of aromatic nitrogens is 3. The Balaban J connectivity index is 2.07. The lowest BCUT2D eigenvalue weighted by Crippen LogP contribution is -2.14. The van der Waals surface area contributed by atoms with Crippen molar-refractivity contribution in [1.82, 2.24) is 14.5 Å². The number of hydrogen-bond acceptors (Lipinski definition) is 5. The molecule has 0 atom stereocenters. The van der Waals surface area contributed by atoms with Gasteiger partial charge in [0.25, 0.3) is 0 Å². The van der Waals surface area contributed by atoms with Gasteiger partial charge in [-0.2, -0.15) is 0 Å². The van der Waals surface area contributed by atoms with Gasteiger partial charge in [0.1, 0.15) is 5.52 Å². The van der Waals surface area contributed by atoms with Crippen molar-refractivity contribution in [3.05, 3.63) is 42.1 Å². The van der Waals surface area contributed by atoms with Gasteiger partial charge in [0, 0.05) is 24.1 Å². The van der Waals surface area contributed by atoms with E-state index in [1.165, 1.54) is 0 Å². The molecule has 0 aliphatic carbocycles. The van der Waals surface area contributed by atoms with Crippen molar-refractivity contribution in [1.29, 1.82) is 0 Å². The summed E-state index contributed by atoms with van der Waals surface area (Å²) >= 11 is 1.54. The highest BCUT2D eigenvalue weighted by Gasteiger charge is 2.15. The van der Waals surface area contributed by atoms with Crippen molar-refractivity contribution >= 4 is 34.5 Å². The second kappa shape index (κ2) is 6.29. The number of primary amides is 1. The van der Waals surface area contributed by atoms with E-state index < -0.39 is 0 Å². The second-order valence-corrected chi connectivity index (χ2v) is 6.20. The van der Waals surface area contributed by atoms with E-state index in [4.69, 9.17) is 11.5 Å². The topological polar surface area (TPSA) is 99.8 Å². The van der Waals surface area contributed by atoms with Crippen molar-refractivity contribution in [3.63, 3.8) is 0 Å². The largest absolute Gasteiger partial charge is 0.382 e. The zero-order valence-electron chi connectivity index (χ0n) is 12.7. The van der Waals surface area contributed by atoms with Crippen LogP contribution in [0.5, 0.6) is 0 Å². The van der Waals surface area contributed by atoms with Gasteiger partial charge in [0.2, 0.25) is 5.91 Å². The number of aryl methyl sites for hydroxylation is 2. The molecule has 0 aliphatic heterocycles. The minimum Gasteiger partial charge on any atom is -0.382 e. The number of amides is 1. The summed E-state index contributed by atoms with van der Waals surface area (Å²) in [6.45, 7) is 2.51. The third kappa shape index (κ3) is 3.14. The summed E-state index contributed by atoms with van der Waals surface area (Å²) in [7, 11) is 0. The Bertz CT molecular complexity index is 874. The smallest absolute Gasteiger partial charge is 0.219 e. The molecule has 6 nitrogen and oxygen atoms in total. The summed E-state index contributed by atoms with van der Waals surface area (Å²) in [5.74, 6) is 0.0349. The van der Waals surface area contributed by atoms with Crippen LogP contribution in [0.4, 0.5) is 5.82 Å². The van der Waals surface area contributed by atoms with E-state index in [0.29, 0.717) is 17.9 Å². The first-order valence-corrected chi connectivity index (χ1v) is 8.00. The number of fused-ring (bicyclic) bond motifs is 1. The van der Waals surface area contributed by atoms with Gasteiger partial charge in [-0.1, -0.05) is 30.0 Å². The molecule has 0 fully saturated rings. The molecule has 3 rings (SSSR count). The van der Waals surface area contributed by atoms with Gasteiger partial charge in [0.15, 0.2) is 11.0 Å². The van der Waals surface area contributed by atoms with Gasteiger partial charge < -0.3 is 16.0 Å². The van der Waals surface area contributed by atoms with E-state index in [0.717, 1.165) is 21.1 Å². The molecule has 0 saturated carbocycles. The molecule has 118 valence electrons. The molecule has 0 aliphatic rings. The van der Waals surface area contributed by atoms with Crippen LogP contribution in [0.25, 0.3) is 11.0 Å². The number of carbonyl (C=O) groups is 1. The zero-order chi connectivity index (χ0) is 16.4. The predicted octanol–water partition coefficient (Wildman–Crippen LogP) is 2.35. The molecule has 0 unspecified atom stereocenters. The van der Waals surface area contributed by atoms with Crippen molar-refractivity contribution in [2.45, 2.75) is 29.9 Å². The number of anilines is 1. The summed E-state index contributed by atoms with van der Waals surface area (Å²) in [6.07, 6.45) is 1.89. The molecular weight excluding hydrogens is 310 g/mol. The van der Waals surface area contributed by atoms with Crippen LogP contribution in [-0.4, -0.2) is 20.4 Å². The highest BCUT2D eigenvalue weighted by atomic mass is 32.2. The summed E-state index contributed by atoms with van der Waals surface area (Å²) in [6, 6.07) is 9.93. The maximum Gasteiger partial charge on any atom is 0.219 e. The number of nitrogen functional groups attached to an aromatic ring is 1. The van der Waals surface area contributed by atoms with Gasteiger partial charge in [-0.3, -0.25) is 4.79 Å². The lowest BCUT2D eigenvalue weighted by Gasteiger charge is -2.09. The first kappa shape index (κ1) is 15.4. The molecule has 1 aromatic carbocycles. The fourth-order valence-electron chi connectivity index (χ4n) is 2.34. The minimum atomic E-state index is -0.347. The van der Waals surface area contributed by atoms with E-state index in [-0.39, 0.29) is 12.3 Å². The summed E-state index contributed by atoms with van der Waals surface area (Å²) in [5.41, 5.74) is 13.9. The van der Waals surface area contributed by atoms with Gasteiger partial charge in [-0.05, 0) is 24.6 Å². The highest BCUT2D eigenvalue weighted by Crippen LogP contribution is 2.33. The van der Waals surface area contributed by atoms with E-state index in [9.17, 15) is 4.79 Å². The van der Waals surface area contributed by atoms with Crippen LogP contribution >= 0.6 is 11.8 Å². The second-order valence-electron chi connectivity index (χ2n) is 5.19. The van der Waals surface area contributed by atoms with Gasteiger partial charge in [-0.25, -0.2) is 9.97 Å². The Kier molecular flexibility index (Phi) is 4.20. The number of hydrogen-bond donors (Lipinski definition) is 2. The summed E-state index contributed by atoms with van der Waals surface area (Å²) in [5, 5.41) is 0.773. The van der Waals surface area contributed by atoms with Crippen LogP contribution < -0.4 is 11.5 Å². The van der Waals surface area contributed by atoms with Crippen molar-refractivity contribution in [2.24, 2.45) is 5.73 Å². The van der Waals surface area contributed by atoms with E-state index in [1.807, 2.05) is 28.8 Å². The van der Waals surface area contributed by atoms with Crippen LogP contribution in [0.15, 0.2) is 46.6 Å². The van der Waals surface area contributed by atoms with Crippen LogP contribution in [0, 0.1) is 6.92 Å². The van der Waals surface area contributed by atoms with Crippen molar-refractivity contribution in [2.75, 3.05) is 5.73 Å². The Labute approximate surface area is 137 Å². The Hall–Kier alpha value is -2.54. The number of rotatable bonds is 5. The average molecular weight is 327 g/mol. The number of nitrogens with zero attached hydrogens (tertiary/aromatic N) is 3. The molecule has 2 aromatic heterocycles. The number of nitrogens with two attached hydrogens (primary N) is 2. The Morgan fingerprint density at radius 3 is 2.83 bits per heavy atom. The number of pyridine rings is 1. The highest BCUT2D eigenvalue weighted by molar-refractivity contribution is 7.99. The van der Waals surface area contributed by atoms with Crippen LogP contribution in [0.2, 0.25) is 0 Å². The molecule has 3 aromatic rings. The van der Waals surface area contributed by atoms with E-state index >= 15 is 0 Å². The standard InChI is InChI=1S/C16H17N5OS/c1-10-4-2-3-5-12(10)23-16-20-14-11(6-8-19-15(14)18)21(16)9-7-13(17)22/h2-6,8H,7,9H2,1H3,(H2,17,22)(H2,18,19). The van der Waals surface area contributed by atoms with Crippen molar-refractivity contribution < 1.29 is 4.79 Å². The van der Waals surface area contributed by atoms with Gasteiger partial charge >= 0.3 is 0 Å². The molecule has 7 heteroatoms. The maximum atomic E-state index is 11.2. The summed E-state index contributed by atoms with van der Waals surface area (Å²) in [4.78, 5) is 21.0. The van der Waals surface area contributed by atoms with E-state index in [2.05, 4.69) is 23.0 Å². The fraction of sp³-hybridized carbons (Fsp3) is 0.188. The molecular formula is C16H17N5OS. The molecule has 2 heterocycles. The third-order valence-corrected chi connectivity index (χ3v) is 4.71. The molecule has 1 amide bonds. The third-order valence-electron chi connectivity index (χ3n) is 3.54. The Morgan fingerprint density at radius 1 is 1.30 bits per heavy atom. The summed E-state index contributed by atoms with van der Waals surface area (Å²) < 4.78 is 1.97. The molecule has 0 saturated heterocycles. The first-order chi connectivity index (χ1) is 11.1. The van der Waals surface area contributed by atoms with Crippen LogP contribution in [-0.2, 0) is 11.3 Å². The monoisotopic (exact) mass is 327 g/mol. The van der Waals surface area contributed by atoms with Crippen LogP contribution in [0.3, 0.4) is 0 Å². The molecule has 23 heavy (non-hydrogen) atoms. The molecule has 4 N–H and O–H groups in total.